The molecule has 0 unspecified atom stereocenters. The fraction of sp³-hybridized carbons (Fsp3) is 0.200. The van der Waals surface area contributed by atoms with Crippen LogP contribution in [0.3, 0.4) is 0 Å². The van der Waals surface area contributed by atoms with Crippen molar-refractivity contribution in [3.05, 3.63) is 35.8 Å². The van der Waals surface area contributed by atoms with Gasteiger partial charge in [0.05, 0.1) is 19.9 Å². The number of nitrogens with two attached hydrogens (primary N) is 1. The van der Waals surface area contributed by atoms with Gasteiger partial charge >= 0.3 is 0 Å². The number of benzene rings is 1. The van der Waals surface area contributed by atoms with Crippen molar-refractivity contribution in [2.24, 2.45) is 0 Å². The maximum Gasteiger partial charge on any atom is 0.165 e. The number of hydrogen-bond acceptors (Lipinski definition) is 4. The van der Waals surface area contributed by atoms with E-state index < -0.39 is 0 Å². The Balaban J connectivity index is 2.21. The van der Waals surface area contributed by atoms with E-state index in [0.29, 0.717) is 12.4 Å². The fourth-order valence-corrected chi connectivity index (χ4v) is 1.35. The summed E-state index contributed by atoms with van der Waals surface area (Å²) in [4.78, 5) is 1.43. The first-order valence-electron chi connectivity index (χ1n) is 4.67. The Morgan fingerprint density at radius 1 is 1.50 bits per heavy atom. The third kappa shape index (κ3) is 2.10. The molecule has 0 saturated heterocycles. The van der Waals surface area contributed by atoms with Gasteiger partial charge in [0.25, 0.3) is 0 Å². The topological polar surface area (TPSA) is 66.0 Å². The molecule has 0 fully saturated rings. The number of hydrogen-bond donors (Lipinski definition) is 1. The molecule has 0 amide bonds. The largest absolute Gasteiger partial charge is 0.494 e. The summed E-state index contributed by atoms with van der Waals surface area (Å²) in [7, 11) is 1.42. The Labute approximate surface area is 91.6 Å². The monoisotopic (exact) mass is 222 g/mol. The van der Waals surface area contributed by atoms with Gasteiger partial charge in [0.15, 0.2) is 17.4 Å². The quantitative estimate of drug-likeness (QED) is 0.843. The standard InChI is InChI=1S/C10H11FN4O/c1-16-9-4-7(2-3-8(9)11)6-15-13-5-10(12)14-15/h2-5H,6H2,1H3,(H2,12,14). The molecule has 2 aromatic rings. The molecule has 1 heterocycles. The smallest absolute Gasteiger partial charge is 0.165 e. The van der Waals surface area contributed by atoms with E-state index in [1.807, 2.05) is 0 Å². The molecular weight excluding hydrogens is 211 g/mol. The van der Waals surface area contributed by atoms with Gasteiger partial charge in [-0.15, -0.1) is 5.10 Å². The number of rotatable bonds is 3. The minimum Gasteiger partial charge on any atom is -0.494 e. The highest BCUT2D eigenvalue weighted by molar-refractivity contribution is 5.30. The molecule has 16 heavy (non-hydrogen) atoms. The van der Waals surface area contributed by atoms with E-state index in [1.165, 1.54) is 24.2 Å². The maximum absolute atomic E-state index is 13.1. The molecule has 0 spiro atoms. The van der Waals surface area contributed by atoms with Gasteiger partial charge < -0.3 is 10.5 Å². The highest BCUT2D eigenvalue weighted by Gasteiger charge is 2.05. The van der Waals surface area contributed by atoms with Crippen LogP contribution in [0.4, 0.5) is 10.2 Å². The van der Waals surface area contributed by atoms with E-state index in [1.54, 1.807) is 12.1 Å². The van der Waals surface area contributed by atoms with Gasteiger partial charge in [-0.2, -0.15) is 9.90 Å². The zero-order valence-electron chi connectivity index (χ0n) is 8.72. The molecule has 1 aromatic heterocycles. The average Bonchev–Trinajstić information content (AvgIpc) is 2.67. The van der Waals surface area contributed by atoms with E-state index >= 15 is 0 Å². The lowest BCUT2D eigenvalue weighted by molar-refractivity contribution is 0.385. The molecule has 1 aromatic carbocycles. The van der Waals surface area contributed by atoms with Crippen molar-refractivity contribution in [3.8, 4) is 5.75 Å². The number of nitrogens with zero attached hydrogens (tertiary/aromatic N) is 3. The highest BCUT2D eigenvalue weighted by Crippen LogP contribution is 2.18. The molecule has 84 valence electrons. The molecule has 0 aliphatic rings. The molecule has 2 N–H and O–H groups in total. The fourth-order valence-electron chi connectivity index (χ4n) is 1.35. The zero-order chi connectivity index (χ0) is 11.5. The van der Waals surface area contributed by atoms with Gasteiger partial charge in [-0.05, 0) is 17.7 Å². The van der Waals surface area contributed by atoms with Crippen LogP contribution in [0.25, 0.3) is 0 Å². The summed E-state index contributed by atoms with van der Waals surface area (Å²) >= 11 is 0. The van der Waals surface area contributed by atoms with E-state index in [4.69, 9.17) is 10.5 Å². The van der Waals surface area contributed by atoms with Crippen LogP contribution in [0, 0.1) is 5.82 Å². The SMILES string of the molecule is COc1cc(Cn2ncc(N)n2)ccc1F. The highest BCUT2D eigenvalue weighted by atomic mass is 19.1. The second kappa shape index (κ2) is 4.18. The van der Waals surface area contributed by atoms with Crippen LogP contribution < -0.4 is 10.5 Å². The number of nitrogen functional groups attached to an aromatic ring is 1. The maximum atomic E-state index is 13.1. The second-order valence-corrected chi connectivity index (χ2v) is 3.27. The van der Waals surface area contributed by atoms with Crippen LogP contribution in [0.15, 0.2) is 24.4 Å². The summed E-state index contributed by atoms with van der Waals surface area (Å²) in [6, 6.07) is 4.60. The first-order valence-corrected chi connectivity index (χ1v) is 4.67. The lowest BCUT2D eigenvalue weighted by atomic mass is 10.2. The van der Waals surface area contributed by atoms with Crippen LogP contribution in [0.1, 0.15) is 5.56 Å². The van der Waals surface area contributed by atoms with Gasteiger partial charge in [-0.3, -0.25) is 0 Å². The second-order valence-electron chi connectivity index (χ2n) is 3.27. The number of methoxy groups -OCH3 is 1. The lowest BCUT2D eigenvalue weighted by Crippen LogP contribution is -2.04. The third-order valence-electron chi connectivity index (χ3n) is 2.09. The summed E-state index contributed by atoms with van der Waals surface area (Å²) < 4.78 is 18.0. The third-order valence-corrected chi connectivity index (χ3v) is 2.09. The van der Waals surface area contributed by atoms with Gasteiger partial charge in [0.1, 0.15) is 0 Å². The molecule has 6 heteroatoms. The molecule has 0 radical (unpaired) electrons. The normalized spacial score (nSPS) is 10.4. The lowest BCUT2D eigenvalue weighted by Gasteiger charge is -2.05. The molecule has 0 aliphatic carbocycles. The summed E-state index contributed by atoms with van der Waals surface area (Å²) in [5.41, 5.74) is 6.27. The Morgan fingerprint density at radius 3 is 2.94 bits per heavy atom. The van der Waals surface area contributed by atoms with Crippen LogP contribution in [-0.2, 0) is 6.54 Å². The van der Waals surface area contributed by atoms with Crippen LogP contribution in [-0.4, -0.2) is 22.1 Å². The zero-order valence-corrected chi connectivity index (χ0v) is 8.72. The Morgan fingerprint density at radius 2 is 2.31 bits per heavy atom. The van der Waals surface area contributed by atoms with Crippen molar-refractivity contribution in [2.45, 2.75) is 6.54 Å². The van der Waals surface area contributed by atoms with E-state index in [9.17, 15) is 4.39 Å². The number of aromatic nitrogens is 3. The number of anilines is 1. The van der Waals surface area contributed by atoms with E-state index in [2.05, 4.69) is 10.2 Å². The van der Waals surface area contributed by atoms with Gasteiger partial charge in [-0.25, -0.2) is 4.39 Å². The van der Waals surface area contributed by atoms with Crippen molar-refractivity contribution in [2.75, 3.05) is 12.8 Å². The molecule has 5 nitrogen and oxygen atoms in total. The minimum absolute atomic E-state index is 0.206. The van der Waals surface area contributed by atoms with E-state index in [0.717, 1.165) is 5.56 Å². The van der Waals surface area contributed by atoms with Crippen molar-refractivity contribution in [3.63, 3.8) is 0 Å². The number of halogens is 1. The molecule has 0 saturated carbocycles. The van der Waals surface area contributed by atoms with E-state index in [-0.39, 0.29) is 11.6 Å². The molecule has 0 bridgehead atoms. The van der Waals surface area contributed by atoms with Gasteiger partial charge in [0, 0.05) is 0 Å². The molecule has 2 rings (SSSR count). The first-order chi connectivity index (χ1) is 7.69. The Bertz CT molecular complexity index is 497. The summed E-state index contributed by atoms with van der Waals surface area (Å²) in [6.07, 6.45) is 1.46. The average molecular weight is 222 g/mol. The first kappa shape index (κ1) is 10.4. The van der Waals surface area contributed by atoms with Crippen molar-refractivity contribution in [1.82, 2.24) is 15.0 Å². The Hall–Kier alpha value is -2.11. The predicted octanol–water partition coefficient (Wildman–Crippen LogP) is 1.06. The number of ether oxygens (including phenoxy) is 1. The molecule has 0 atom stereocenters. The Kier molecular flexibility index (Phi) is 2.72. The summed E-state index contributed by atoms with van der Waals surface area (Å²) in [5.74, 6) is 0.172. The molecular formula is C10H11FN4O. The predicted molar refractivity (Wildman–Crippen MR) is 56.5 cm³/mol. The molecule has 0 aliphatic heterocycles. The van der Waals surface area contributed by atoms with Crippen LogP contribution in [0.2, 0.25) is 0 Å². The van der Waals surface area contributed by atoms with Gasteiger partial charge in [-0.1, -0.05) is 6.07 Å². The van der Waals surface area contributed by atoms with Crippen molar-refractivity contribution in [1.29, 1.82) is 0 Å². The van der Waals surface area contributed by atoms with Crippen molar-refractivity contribution < 1.29 is 9.13 Å². The van der Waals surface area contributed by atoms with Crippen LogP contribution >= 0.6 is 0 Å². The van der Waals surface area contributed by atoms with Crippen molar-refractivity contribution >= 4 is 5.82 Å². The van der Waals surface area contributed by atoms with Crippen LogP contribution in [0.5, 0.6) is 5.75 Å². The summed E-state index contributed by atoms with van der Waals surface area (Å²) in [5, 5.41) is 7.87. The summed E-state index contributed by atoms with van der Waals surface area (Å²) in [6.45, 7) is 0.424. The minimum atomic E-state index is -0.390. The van der Waals surface area contributed by atoms with Gasteiger partial charge in [0.2, 0.25) is 0 Å².